The van der Waals surface area contributed by atoms with E-state index in [1.165, 1.54) is 13.8 Å². The SMILES string of the molecule is CC(C)(F)C[C@H](N)C=O.Cl. The standard InChI is InChI=1S/C6H12FNO.ClH/c1-6(2,7)3-5(8)4-9;/h4-5H,3,8H2,1-2H3;1H/t5-;/m0./s1. The summed E-state index contributed by atoms with van der Waals surface area (Å²) < 4.78 is 12.6. The van der Waals surface area contributed by atoms with Crippen molar-refractivity contribution in [2.75, 3.05) is 0 Å². The van der Waals surface area contributed by atoms with Crippen LogP contribution in [0.25, 0.3) is 0 Å². The van der Waals surface area contributed by atoms with Crippen molar-refractivity contribution in [2.24, 2.45) is 5.73 Å². The maximum atomic E-state index is 12.6. The molecule has 0 heterocycles. The molecule has 2 nitrogen and oxygen atoms in total. The van der Waals surface area contributed by atoms with E-state index in [0.29, 0.717) is 6.29 Å². The van der Waals surface area contributed by atoms with Crippen LogP contribution in [0, 0.1) is 0 Å². The maximum absolute atomic E-state index is 12.6. The lowest BCUT2D eigenvalue weighted by Crippen LogP contribution is -2.30. The molecule has 0 radical (unpaired) electrons. The van der Waals surface area contributed by atoms with Crippen molar-refractivity contribution >= 4 is 18.7 Å². The Labute approximate surface area is 66.4 Å². The Morgan fingerprint density at radius 2 is 2.10 bits per heavy atom. The van der Waals surface area contributed by atoms with Crippen molar-refractivity contribution in [3.05, 3.63) is 0 Å². The Morgan fingerprint density at radius 1 is 1.70 bits per heavy atom. The number of nitrogens with two attached hydrogens (primary N) is 1. The summed E-state index contributed by atoms with van der Waals surface area (Å²) in [5.74, 6) is 0. The zero-order chi connectivity index (χ0) is 7.49. The first-order valence-electron chi connectivity index (χ1n) is 2.85. The van der Waals surface area contributed by atoms with E-state index in [-0.39, 0.29) is 18.8 Å². The van der Waals surface area contributed by atoms with Gasteiger partial charge >= 0.3 is 0 Å². The summed E-state index contributed by atoms with van der Waals surface area (Å²) in [6.07, 6.45) is 0.651. The summed E-state index contributed by atoms with van der Waals surface area (Å²) in [5.41, 5.74) is 3.82. The van der Waals surface area contributed by atoms with Crippen molar-refractivity contribution in [1.29, 1.82) is 0 Å². The first-order valence-corrected chi connectivity index (χ1v) is 2.85. The number of carbonyl (C=O) groups is 1. The summed E-state index contributed by atoms with van der Waals surface area (Å²) in [4.78, 5) is 9.89. The van der Waals surface area contributed by atoms with Crippen LogP contribution in [0.2, 0.25) is 0 Å². The van der Waals surface area contributed by atoms with Crippen LogP contribution in [0.3, 0.4) is 0 Å². The molecule has 0 spiro atoms. The highest BCUT2D eigenvalue weighted by Crippen LogP contribution is 2.13. The number of halogens is 2. The van der Waals surface area contributed by atoms with Crippen LogP contribution in [0.5, 0.6) is 0 Å². The first-order chi connectivity index (χ1) is 3.95. The van der Waals surface area contributed by atoms with Gasteiger partial charge in [-0.05, 0) is 13.8 Å². The van der Waals surface area contributed by atoms with Gasteiger partial charge in [-0.15, -0.1) is 12.4 Å². The van der Waals surface area contributed by atoms with Gasteiger partial charge in [0.1, 0.15) is 12.0 Å². The van der Waals surface area contributed by atoms with Crippen LogP contribution in [-0.4, -0.2) is 18.0 Å². The largest absolute Gasteiger partial charge is 0.322 e. The van der Waals surface area contributed by atoms with Crippen LogP contribution < -0.4 is 5.73 Å². The van der Waals surface area contributed by atoms with Gasteiger partial charge in [-0.1, -0.05) is 0 Å². The quantitative estimate of drug-likeness (QED) is 0.643. The topological polar surface area (TPSA) is 43.1 Å². The van der Waals surface area contributed by atoms with E-state index in [4.69, 9.17) is 5.73 Å². The number of alkyl halides is 1. The van der Waals surface area contributed by atoms with Crippen molar-refractivity contribution in [3.63, 3.8) is 0 Å². The van der Waals surface area contributed by atoms with Crippen molar-refractivity contribution in [2.45, 2.75) is 32.0 Å². The van der Waals surface area contributed by atoms with Gasteiger partial charge in [-0.2, -0.15) is 0 Å². The second-order valence-electron chi connectivity index (χ2n) is 2.72. The molecule has 0 aliphatic carbocycles. The van der Waals surface area contributed by atoms with Crippen molar-refractivity contribution in [3.8, 4) is 0 Å². The summed E-state index contributed by atoms with van der Waals surface area (Å²) in [7, 11) is 0. The molecule has 0 aliphatic heterocycles. The third-order valence-electron chi connectivity index (χ3n) is 0.896. The number of hydrogen-bond acceptors (Lipinski definition) is 2. The zero-order valence-electron chi connectivity index (χ0n) is 6.13. The number of aldehydes is 1. The van der Waals surface area contributed by atoms with E-state index in [0.717, 1.165) is 0 Å². The van der Waals surface area contributed by atoms with Gasteiger partial charge in [0, 0.05) is 6.42 Å². The Bertz CT molecular complexity index is 102. The van der Waals surface area contributed by atoms with Gasteiger partial charge in [0.2, 0.25) is 0 Å². The van der Waals surface area contributed by atoms with Gasteiger partial charge < -0.3 is 10.5 Å². The molecule has 10 heavy (non-hydrogen) atoms. The molecule has 0 saturated carbocycles. The maximum Gasteiger partial charge on any atom is 0.136 e. The number of hydrogen-bond donors (Lipinski definition) is 1. The highest BCUT2D eigenvalue weighted by molar-refractivity contribution is 5.85. The van der Waals surface area contributed by atoms with E-state index >= 15 is 0 Å². The second kappa shape index (κ2) is 4.63. The fourth-order valence-electron chi connectivity index (χ4n) is 0.609. The van der Waals surface area contributed by atoms with Crippen LogP contribution in [0.15, 0.2) is 0 Å². The fraction of sp³-hybridized carbons (Fsp3) is 0.833. The van der Waals surface area contributed by atoms with Gasteiger partial charge in [0.05, 0.1) is 6.04 Å². The van der Waals surface area contributed by atoms with Crippen molar-refractivity contribution in [1.82, 2.24) is 0 Å². The second-order valence-corrected chi connectivity index (χ2v) is 2.72. The van der Waals surface area contributed by atoms with Gasteiger partial charge in [-0.25, -0.2) is 4.39 Å². The predicted molar refractivity (Wildman–Crippen MR) is 41.1 cm³/mol. The highest BCUT2D eigenvalue weighted by atomic mass is 35.5. The summed E-state index contributed by atoms with van der Waals surface area (Å²) >= 11 is 0. The van der Waals surface area contributed by atoms with E-state index in [1.54, 1.807) is 0 Å². The van der Waals surface area contributed by atoms with Gasteiger partial charge in [0.25, 0.3) is 0 Å². The smallest absolute Gasteiger partial charge is 0.136 e. The Morgan fingerprint density at radius 3 is 2.20 bits per heavy atom. The predicted octanol–water partition coefficient (Wildman–Crippen LogP) is 1.07. The average Bonchev–Trinajstić information content (AvgIpc) is 1.62. The van der Waals surface area contributed by atoms with E-state index in [9.17, 15) is 9.18 Å². The van der Waals surface area contributed by atoms with E-state index in [1.807, 2.05) is 0 Å². The zero-order valence-corrected chi connectivity index (χ0v) is 6.95. The molecule has 0 aromatic rings. The van der Waals surface area contributed by atoms with Crippen LogP contribution >= 0.6 is 12.4 Å². The van der Waals surface area contributed by atoms with Crippen LogP contribution in [-0.2, 0) is 4.79 Å². The minimum absolute atomic E-state index is 0. The van der Waals surface area contributed by atoms with Crippen molar-refractivity contribution < 1.29 is 9.18 Å². The van der Waals surface area contributed by atoms with Crippen LogP contribution in [0.4, 0.5) is 4.39 Å². The summed E-state index contributed by atoms with van der Waals surface area (Å²) in [5, 5.41) is 0. The first kappa shape index (κ1) is 12.5. The molecule has 62 valence electrons. The van der Waals surface area contributed by atoms with E-state index in [2.05, 4.69) is 0 Å². The molecule has 0 unspecified atom stereocenters. The molecule has 0 aromatic carbocycles. The molecule has 0 aromatic heterocycles. The molecule has 2 N–H and O–H groups in total. The lowest BCUT2D eigenvalue weighted by molar-refractivity contribution is -0.109. The average molecular weight is 170 g/mol. The Hall–Kier alpha value is -0.150. The van der Waals surface area contributed by atoms with Gasteiger partial charge in [-0.3, -0.25) is 0 Å². The fourth-order valence-corrected chi connectivity index (χ4v) is 0.609. The lowest BCUT2D eigenvalue weighted by atomic mass is 10.0. The molecule has 0 fully saturated rings. The molecule has 0 aliphatic rings. The molecular weight excluding hydrogens is 157 g/mol. The lowest BCUT2D eigenvalue weighted by Gasteiger charge is -2.14. The Balaban J connectivity index is 0. The van der Waals surface area contributed by atoms with Gasteiger partial charge in [0.15, 0.2) is 0 Å². The molecule has 0 rings (SSSR count). The Kier molecular flexibility index (Phi) is 5.80. The highest BCUT2D eigenvalue weighted by Gasteiger charge is 2.18. The molecule has 4 heteroatoms. The third kappa shape index (κ3) is 7.85. The molecule has 0 amide bonds. The molecule has 1 atom stereocenters. The molecular formula is C6H13ClFNO. The minimum atomic E-state index is -1.33. The normalized spacial score (nSPS) is 13.6. The third-order valence-corrected chi connectivity index (χ3v) is 0.896. The minimum Gasteiger partial charge on any atom is -0.322 e. The summed E-state index contributed by atoms with van der Waals surface area (Å²) in [6, 6.07) is -0.662. The molecule has 0 saturated heterocycles. The van der Waals surface area contributed by atoms with E-state index < -0.39 is 11.7 Å². The van der Waals surface area contributed by atoms with Crippen LogP contribution in [0.1, 0.15) is 20.3 Å². The number of carbonyl (C=O) groups excluding carboxylic acids is 1. The molecule has 0 bridgehead atoms. The number of rotatable bonds is 3. The monoisotopic (exact) mass is 169 g/mol. The summed E-state index contributed by atoms with van der Waals surface area (Å²) in [6.45, 7) is 2.80.